The maximum atomic E-state index is 14.3. The highest BCUT2D eigenvalue weighted by atomic mass is 19.1. The van der Waals surface area contributed by atoms with Crippen LogP contribution in [-0.2, 0) is 11.4 Å². The van der Waals surface area contributed by atoms with Crippen molar-refractivity contribution in [2.75, 3.05) is 0 Å². The number of carbonyl (C=O) groups is 1. The van der Waals surface area contributed by atoms with Gasteiger partial charge in [-0.3, -0.25) is 10.1 Å². The highest BCUT2D eigenvalue weighted by Gasteiger charge is 2.29. The normalized spacial score (nSPS) is 20.1. The van der Waals surface area contributed by atoms with Crippen LogP contribution >= 0.6 is 0 Å². The molecule has 3 N–H and O–H groups in total. The third kappa shape index (κ3) is 3.54. The minimum atomic E-state index is -0.428. The molecule has 2 atom stereocenters. The first kappa shape index (κ1) is 16.4. The van der Waals surface area contributed by atoms with Crippen molar-refractivity contribution >= 4 is 5.91 Å². The molecule has 0 unspecified atom stereocenters. The summed E-state index contributed by atoms with van der Waals surface area (Å²) in [7, 11) is 0. The fourth-order valence-electron chi connectivity index (χ4n) is 2.87. The first-order valence-corrected chi connectivity index (χ1v) is 7.75. The van der Waals surface area contributed by atoms with Gasteiger partial charge in [-0.25, -0.2) is 8.78 Å². The van der Waals surface area contributed by atoms with Gasteiger partial charge >= 0.3 is 0 Å². The molecule has 1 aliphatic heterocycles. The largest absolute Gasteiger partial charge is 0.489 e. The number of carbonyl (C=O) groups excluding carboxylic acids is 1. The van der Waals surface area contributed by atoms with Crippen molar-refractivity contribution in [3.8, 4) is 5.75 Å². The van der Waals surface area contributed by atoms with Crippen molar-refractivity contribution in [2.45, 2.75) is 31.5 Å². The number of primary amides is 1. The lowest BCUT2D eigenvalue weighted by Crippen LogP contribution is -2.37. The Kier molecular flexibility index (Phi) is 4.76. The number of nitrogens with two attached hydrogens (primary N) is 1. The zero-order chi connectivity index (χ0) is 17.1. The van der Waals surface area contributed by atoms with Crippen LogP contribution in [0.5, 0.6) is 5.75 Å². The average molecular weight is 332 g/mol. The van der Waals surface area contributed by atoms with Crippen molar-refractivity contribution in [3.05, 3.63) is 65.2 Å². The molecular weight excluding hydrogens is 314 g/mol. The van der Waals surface area contributed by atoms with Crippen molar-refractivity contribution < 1.29 is 18.3 Å². The molecule has 1 fully saturated rings. The Morgan fingerprint density at radius 2 is 1.96 bits per heavy atom. The Labute approximate surface area is 138 Å². The minimum Gasteiger partial charge on any atom is -0.489 e. The Bertz CT molecular complexity index is 752. The number of rotatable bonds is 5. The van der Waals surface area contributed by atoms with Gasteiger partial charge in [-0.15, -0.1) is 0 Å². The van der Waals surface area contributed by atoms with E-state index in [1.54, 1.807) is 30.3 Å². The van der Waals surface area contributed by atoms with Gasteiger partial charge in [0.2, 0.25) is 5.91 Å². The van der Waals surface area contributed by atoms with Gasteiger partial charge in [0.05, 0.1) is 6.04 Å². The first-order chi connectivity index (χ1) is 11.5. The molecule has 1 aliphatic rings. The molecule has 1 amide bonds. The fraction of sp³-hybridized carbons (Fsp3) is 0.278. The lowest BCUT2D eigenvalue weighted by Gasteiger charge is -2.15. The maximum absolute atomic E-state index is 14.3. The van der Waals surface area contributed by atoms with Crippen LogP contribution in [0.25, 0.3) is 0 Å². The topological polar surface area (TPSA) is 64.4 Å². The SMILES string of the molecule is NC(=O)[C@@H]1CC[C@H](c2ccc(OCc3ccccc3F)cc2F)N1. The standard InChI is InChI=1S/C18H18F2N2O2/c19-14-4-2-1-3-11(14)10-24-12-5-6-13(15(20)9-12)16-7-8-17(22-16)18(21)23/h1-6,9,16-17,22H,7-8,10H2,(H2,21,23)/t16-,17+/m1/s1. The van der Waals surface area contributed by atoms with Crippen molar-refractivity contribution in [3.63, 3.8) is 0 Å². The van der Waals surface area contributed by atoms with Crippen molar-refractivity contribution in [2.24, 2.45) is 5.73 Å². The van der Waals surface area contributed by atoms with Gasteiger partial charge < -0.3 is 10.5 Å². The number of hydrogen-bond acceptors (Lipinski definition) is 3. The third-order valence-corrected chi connectivity index (χ3v) is 4.19. The van der Waals surface area contributed by atoms with E-state index in [4.69, 9.17) is 10.5 Å². The van der Waals surface area contributed by atoms with Gasteiger partial charge in [0, 0.05) is 23.2 Å². The predicted octanol–water partition coefficient (Wildman–Crippen LogP) is 2.82. The number of hydrogen-bond donors (Lipinski definition) is 2. The van der Waals surface area contributed by atoms with E-state index in [-0.39, 0.29) is 18.5 Å². The summed E-state index contributed by atoms with van der Waals surface area (Å²) in [6.07, 6.45) is 1.23. The molecular formula is C18H18F2N2O2. The summed E-state index contributed by atoms with van der Waals surface area (Å²) in [5, 5.41) is 3.03. The minimum absolute atomic E-state index is 0.0247. The average Bonchev–Trinajstić information content (AvgIpc) is 3.04. The van der Waals surface area contributed by atoms with Gasteiger partial charge in [-0.2, -0.15) is 0 Å². The molecule has 3 rings (SSSR count). The van der Waals surface area contributed by atoms with Crippen LogP contribution in [0.3, 0.4) is 0 Å². The molecule has 0 bridgehead atoms. The molecule has 0 saturated carbocycles. The number of ether oxygens (including phenoxy) is 1. The van der Waals surface area contributed by atoms with Gasteiger partial charge in [-0.05, 0) is 25.0 Å². The van der Waals surface area contributed by atoms with E-state index in [1.807, 2.05) is 0 Å². The molecule has 2 aromatic rings. The zero-order valence-corrected chi connectivity index (χ0v) is 13.0. The molecule has 0 radical (unpaired) electrons. The smallest absolute Gasteiger partial charge is 0.234 e. The predicted molar refractivity (Wildman–Crippen MR) is 85.2 cm³/mol. The number of nitrogens with one attached hydrogen (secondary N) is 1. The van der Waals surface area contributed by atoms with E-state index >= 15 is 0 Å². The maximum Gasteiger partial charge on any atom is 0.234 e. The molecule has 0 aliphatic carbocycles. The second-order valence-corrected chi connectivity index (χ2v) is 5.81. The quantitative estimate of drug-likeness (QED) is 0.885. The van der Waals surface area contributed by atoms with E-state index in [1.165, 1.54) is 12.1 Å². The van der Waals surface area contributed by atoms with E-state index < -0.39 is 17.8 Å². The lowest BCUT2D eigenvalue weighted by molar-refractivity contribution is -0.119. The zero-order valence-electron chi connectivity index (χ0n) is 13.0. The number of halogens is 2. The van der Waals surface area contributed by atoms with Crippen LogP contribution in [0.1, 0.15) is 30.0 Å². The van der Waals surface area contributed by atoms with Gasteiger partial charge in [0.1, 0.15) is 24.0 Å². The van der Waals surface area contributed by atoms with Crippen LogP contribution in [0.15, 0.2) is 42.5 Å². The highest BCUT2D eigenvalue weighted by molar-refractivity contribution is 5.80. The van der Waals surface area contributed by atoms with Crippen LogP contribution in [0, 0.1) is 11.6 Å². The molecule has 2 aromatic carbocycles. The summed E-state index contributed by atoms with van der Waals surface area (Å²) >= 11 is 0. The molecule has 0 spiro atoms. The lowest BCUT2D eigenvalue weighted by atomic mass is 10.0. The summed E-state index contributed by atoms with van der Waals surface area (Å²) in [4.78, 5) is 11.2. The summed E-state index contributed by atoms with van der Waals surface area (Å²) in [5.74, 6) is -0.891. The third-order valence-electron chi connectivity index (χ3n) is 4.19. The molecule has 1 heterocycles. The summed E-state index contributed by atoms with van der Waals surface area (Å²) < 4.78 is 33.3. The molecule has 6 heteroatoms. The van der Waals surface area contributed by atoms with Crippen LogP contribution < -0.4 is 15.8 Å². The van der Waals surface area contributed by atoms with Crippen molar-refractivity contribution in [1.82, 2.24) is 5.32 Å². The summed E-state index contributed by atoms with van der Waals surface area (Å²) in [6.45, 7) is 0.0247. The molecule has 24 heavy (non-hydrogen) atoms. The van der Waals surface area contributed by atoms with Gasteiger partial charge in [0.25, 0.3) is 0 Å². The van der Waals surface area contributed by atoms with Gasteiger partial charge in [0.15, 0.2) is 0 Å². The second kappa shape index (κ2) is 6.97. The van der Waals surface area contributed by atoms with Crippen LogP contribution in [0.2, 0.25) is 0 Å². The summed E-state index contributed by atoms with van der Waals surface area (Å²) in [6, 6.07) is 10.1. The Morgan fingerprint density at radius 1 is 1.17 bits per heavy atom. The Balaban J connectivity index is 1.67. The monoisotopic (exact) mass is 332 g/mol. The summed E-state index contributed by atoms with van der Waals surface area (Å²) in [5.41, 5.74) is 6.14. The Morgan fingerprint density at radius 3 is 2.62 bits per heavy atom. The van der Waals surface area contributed by atoms with Crippen LogP contribution in [0.4, 0.5) is 8.78 Å². The van der Waals surface area contributed by atoms with Gasteiger partial charge in [-0.1, -0.05) is 24.3 Å². The Hall–Kier alpha value is -2.47. The number of benzene rings is 2. The van der Waals surface area contributed by atoms with E-state index in [0.717, 1.165) is 0 Å². The molecule has 4 nitrogen and oxygen atoms in total. The van der Waals surface area contributed by atoms with E-state index in [2.05, 4.69) is 5.32 Å². The first-order valence-electron chi connectivity index (χ1n) is 7.75. The number of amides is 1. The second-order valence-electron chi connectivity index (χ2n) is 5.81. The fourth-order valence-corrected chi connectivity index (χ4v) is 2.87. The highest BCUT2D eigenvalue weighted by Crippen LogP contribution is 2.30. The van der Waals surface area contributed by atoms with E-state index in [0.29, 0.717) is 29.7 Å². The van der Waals surface area contributed by atoms with Crippen molar-refractivity contribution in [1.29, 1.82) is 0 Å². The molecule has 126 valence electrons. The molecule has 1 saturated heterocycles. The van der Waals surface area contributed by atoms with Crippen LogP contribution in [-0.4, -0.2) is 11.9 Å². The van der Waals surface area contributed by atoms with E-state index in [9.17, 15) is 13.6 Å². The molecule has 0 aromatic heterocycles.